The summed E-state index contributed by atoms with van der Waals surface area (Å²) in [5.41, 5.74) is 5.20. The summed E-state index contributed by atoms with van der Waals surface area (Å²) in [6.07, 6.45) is 0. The van der Waals surface area contributed by atoms with Crippen molar-refractivity contribution in [3.05, 3.63) is 88.9 Å². The zero-order valence-corrected chi connectivity index (χ0v) is 18.8. The average molecular weight is 445 g/mol. The van der Waals surface area contributed by atoms with E-state index in [4.69, 9.17) is 16.6 Å². The van der Waals surface area contributed by atoms with Crippen LogP contribution in [0, 0.1) is 6.92 Å². The van der Waals surface area contributed by atoms with Gasteiger partial charge >= 0.3 is 0 Å². The molecule has 2 aliphatic heterocycles. The summed E-state index contributed by atoms with van der Waals surface area (Å²) in [6, 6.07) is 24.0. The number of piperazine rings is 1. The van der Waals surface area contributed by atoms with E-state index in [-0.39, 0.29) is 5.91 Å². The van der Waals surface area contributed by atoms with Gasteiger partial charge in [0, 0.05) is 42.5 Å². The molecule has 1 saturated heterocycles. The van der Waals surface area contributed by atoms with E-state index in [1.807, 2.05) is 60.4 Å². The molecular formula is C26H25ClN4O. The second-order valence-electron chi connectivity index (χ2n) is 8.23. The normalized spacial score (nSPS) is 17.8. The number of fused-ring (bicyclic) bond motifs is 1. The first kappa shape index (κ1) is 20.7. The van der Waals surface area contributed by atoms with E-state index in [0.29, 0.717) is 23.1 Å². The maximum absolute atomic E-state index is 13.4. The molecule has 0 bridgehead atoms. The van der Waals surface area contributed by atoms with Gasteiger partial charge in [-0.05, 0) is 42.8 Å². The van der Waals surface area contributed by atoms with Crippen LogP contribution in [0.4, 0.5) is 17.1 Å². The Kier molecular flexibility index (Phi) is 5.68. The number of halogens is 1. The molecule has 5 nitrogen and oxygen atoms in total. The maximum atomic E-state index is 13.4. The highest BCUT2D eigenvalue weighted by molar-refractivity contribution is 6.54. The minimum Gasteiger partial charge on any atom is -0.369 e. The van der Waals surface area contributed by atoms with E-state index in [0.717, 1.165) is 43.0 Å². The molecule has 32 heavy (non-hydrogen) atoms. The van der Waals surface area contributed by atoms with Crippen molar-refractivity contribution in [1.82, 2.24) is 4.90 Å². The van der Waals surface area contributed by atoms with Crippen LogP contribution in [0.25, 0.3) is 0 Å². The number of anilines is 2. The van der Waals surface area contributed by atoms with Crippen molar-refractivity contribution in [3.8, 4) is 0 Å². The van der Waals surface area contributed by atoms with Gasteiger partial charge in [-0.25, -0.2) is 4.99 Å². The molecule has 3 aromatic rings. The van der Waals surface area contributed by atoms with Crippen molar-refractivity contribution in [2.24, 2.45) is 4.99 Å². The zero-order chi connectivity index (χ0) is 22.1. The van der Waals surface area contributed by atoms with Gasteiger partial charge in [0.1, 0.15) is 5.71 Å². The van der Waals surface area contributed by atoms with E-state index in [9.17, 15) is 4.79 Å². The second-order valence-corrected chi connectivity index (χ2v) is 8.63. The van der Waals surface area contributed by atoms with Crippen molar-refractivity contribution >= 4 is 40.3 Å². The number of nitrogens with zero attached hydrogens (tertiary/aromatic N) is 4. The average Bonchev–Trinajstić information content (AvgIpc) is 3.08. The number of aliphatic imine (C=N–C) groups is 1. The smallest absolute Gasteiger partial charge is 0.278 e. The van der Waals surface area contributed by atoms with Gasteiger partial charge in [0.15, 0.2) is 0 Å². The molecule has 0 radical (unpaired) electrons. The SMILES string of the molecule is Cc1ccc(N=C2C(=O)N(CN3CCN(c4ccccc4)CC3)c3ccccc32)cc1Cl. The van der Waals surface area contributed by atoms with Gasteiger partial charge in [0.2, 0.25) is 0 Å². The molecule has 2 aliphatic rings. The number of rotatable bonds is 4. The fourth-order valence-electron chi connectivity index (χ4n) is 4.28. The summed E-state index contributed by atoms with van der Waals surface area (Å²) in [4.78, 5) is 24.7. The van der Waals surface area contributed by atoms with E-state index >= 15 is 0 Å². The summed E-state index contributed by atoms with van der Waals surface area (Å²) < 4.78 is 0. The Morgan fingerprint density at radius 2 is 1.62 bits per heavy atom. The lowest BCUT2D eigenvalue weighted by Gasteiger charge is -2.37. The number of para-hydroxylation sites is 2. The fraction of sp³-hybridized carbons (Fsp3) is 0.231. The highest BCUT2D eigenvalue weighted by Gasteiger charge is 2.35. The van der Waals surface area contributed by atoms with Crippen LogP contribution in [-0.2, 0) is 4.79 Å². The van der Waals surface area contributed by atoms with Gasteiger partial charge in [0.25, 0.3) is 5.91 Å². The third kappa shape index (κ3) is 4.01. The predicted molar refractivity (Wildman–Crippen MR) is 131 cm³/mol. The number of carbonyl (C=O) groups is 1. The van der Waals surface area contributed by atoms with E-state index in [1.165, 1.54) is 5.69 Å². The molecule has 6 heteroatoms. The zero-order valence-electron chi connectivity index (χ0n) is 18.0. The third-order valence-corrected chi connectivity index (χ3v) is 6.54. The maximum Gasteiger partial charge on any atom is 0.278 e. The monoisotopic (exact) mass is 444 g/mol. The Bertz CT molecular complexity index is 1170. The number of hydrogen-bond donors (Lipinski definition) is 0. The summed E-state index contributed by atoms with van der Waals surface area (Å²) in [5.74, 6) is -0.0617. The lowest BCUT2D eigenvalue weighted by molar-refractivity contribution is -0.112. The third-order valence-electron chi connectivity index (χ3n) is 6.13. The van der Waals surface area contributed by atoms with Crippen molar-refractivity contribution in [3.63, 3.8) is 0 Å². The van der Waals surface area contributed by atoms with Gasteiger partial charge in [-0.15, -0.1) is 0 Å². The quantitative estimate of drug-likeness (QED) is 0.574. The van der Waals surface area contributed by atoms with Crippen LogP contribution < -0.4 is 9.80 Å². The summed E-state index contributed by atoms with van der Waals surface area (Å²) >= 11 is 6.27. The van der Waals surface area contributed by atoms with Crippen LogP contribution in [0.1, 0.15) is 11.1 Å². The van der Waals surface area contributed by atoms with Crippen LogP contribution in [0.15, 0.2) is 77.8 Å². The second kappa shape index (κ2) is 8.77. The molecule has 2 heterocycles. The summed E-state index contributed by atoms with van der Waals surface area (Å²) in [5, 5.41) is 0.652. The molecule has 0 aromatic heterocycles. The van der Waals surface area contributed by atoms with Gasteiger partial charge in [-0.2, -0.15) is 0 Å². The van der Waals surface area contributed by atoms with Gasteiger partial charge in [-0.1, -0.05) is 54.1 Å². The van der Waals surface area contributed by atoms with E-state index < -0.39 is 0 Å². The Balaban J connectivity index is 1.35. The fourth-order valence-corrected chi connectivity index (χ4v) is 4.45. The summed E-state index contributed by atoms with van der Waals surface area (Å²) in [6.45, 7) is 6.20. The van der Waals surface area contributed by atoms with Crippen LogP contribution in [0.5, 0.6) is 0 Å². The highest BCUT2D eigenvalue weighted by Crippen LogP contribution is 2.32. The number of hydrogen-bond acceptors (Lipinski definition) is 4. The minimum atomic E-state index is -0.0617. The van der Waals surface area contributed by atoms with Gasteiger partial charge in [0.05, 0.1) is 18.0 Å². The van der Waals surface area contributed by atoms with Crippen LogP contribution >= 0.6 is 11.6 Å². The van der Waals surface area contributed by atoms with Crippen LogP contribution in [-0.4, -0.2) is 49.4 Å². The van der Waals surface area contributed by atoms with Gasteiger partial charge in [-0.3, -0.25) is 14.6 Å². The van der Waals surface area contributed by atoms with E-state index in [2.05, 4.69) is 34.1 Å². The van der Waals surface area contributed by atoms with Crippen LogP contribution in [0.3, 0.4) is 0 Å². The van der Waals surface area contributed by atoms with Crippen molar-refractivity contribution in [2.75, 3.05) is 42.6 Å². The van der Waals surface area contributed by atoms with Crippen molar-refractivity contribution in [2.45, 2.75) is 6.92 Å². The number of amides is 1. The molecule has 1 fully saturated rings. The topological polar surface area (TPSA) is 39.2 Å². The first-order chi connectivity index (χ1) is 15.6. The number of aryl methyl sites for hydroxylation is 1. The largest absolute Gasteiger partial charge is 0.369 e. The summed E-state index contributed by atoms with van der Waals surface area (Å²) in [7, 11) is 0. The van der Waals surface area contributed by atoms with Gasteiger partial charge < -0.3 is 4.90 Å². The molecule has 0 spiro atoms. The Morgan fingerprint density at radius 1 is 0.906 bits per heavy atom. The molecule has 162 valence electrons. The minimum absolute atomic E-state index is 0.0617. The molecule has 1 amide bonds. The van der Waals surface area contributed by atoms with E-state index in [1.54, 1.807) is 0 Å². The first-order valence-electron chi connectivity index (χ1n) is 10.9. The first-order valence-corrected chi connectivity index (χ1v) is 11.3. The molecule has 5 rings (SSSR count). The Morgan fingerprint density at radius 3 is 2.38 bits per heavy atom. The molecule has 3 aromatic carbocycles. The Labute approximate surface area is 193 Å². The molecule has 0 saturated carbocycles. The molecule has 0 N–H and O–H groups in total. The molecular weight excluding hydrogens is 420 g/mol. The number of benzene rings is 3. The lowest BCUT2D eigenvalue weighted by Crippen LogP contribution is -2.51. The predicted octanol–water partition coefficient (Wildman–Crippen LogP) is 4.90. The Hall–Kier alpha value is -3.15. The van der Waals surface area contributed by atoms with Crippen LogP contribution in [0.2, 0.25) is 5.02 Å². The van der Waals surface area contributed by atoms with Crippen molar-refractivity contribution < 1.29 is 4.79 Å². The standard InChI is InChI=1S/C26H25ClN4O/c1-19-11-12-20(17-23(19)27)28-25-22-9-5-6-10-24(22)31(26(25)32)18-29-13-15-30(16-14-29)21-7-3-2-4-8-21/h2-12,17H,13-16,18H2,1H3. The molecule has 0 aliphatic carbocycles. The number of carbonyl (C=O) groups excluding carboxylic acids is 1. The lowest BCUT2D eigenvalue weighted by atomic mass is 10.1. The molecule has 0 unspecified atom stereocenters. The van der Waals surface area contributed by atoms with Crippen molar-refractivity contribution in [1.29, 1.82) is 0 Å². The molecule has 0 atom stereocenters. The highest BCUT2D eigenvalue weighted by atomic mass is 35.5.